The second-order valence-electron chi connectivity index (χ2n) is 6.58. The summed E-state index contributed by atoms with van der Waals surface area (Å²) >= 11 is 0.924. The Morgan fingerprint density at radius 3 is 2.27 bits per heavy atom. The molecule has 0 saturated carbocycles. The van der Waals surface area contributed by atoms with E-state index in [0.29, 0.717) is 16.2 Å². The number of nitrogens with one attached hydrogen (secondary N) is 1. The van der Waals surface area contributed by atoms with Gasteiger partial charge in [-0.2, -0.15) is 0 Å². The lowest BCUT2D eigenvalue weighted by atomic mass is 10.1. The third kappa shape index (κ3) is 3.79. The van der Waals surface area contributed by atoms with Crippen molar-refractivity contribution in [1.82, 2.24) is 0 Å². The number of carbonyl (C=O) groups is 1. The van der Waals surface area contributed by atoms with Crippen molar-refractivity contribution in [3.05, 3.63) is 72.8 Å². The summed E-state index contributed by atoms with van der Waals surface area (Å²) in [4.78, 5) is 11.4. The summed E-state index contributed by atoms with van der Waals surface area (Å²) < 4.78 is 29.1. The Labute approximate surface area is 177 Å². The Bertz CT molecular complexity index is 1380. The van der Waals surface area contributed by atoms with Crippen molar-refractivity contribution in [2.75, 3.05) is 10.5 Å². The first-order valence-corrected chi connectivity index (χ1v) is 11.4. The molecule has 152 valence electrons. The Morgan fingerprint density at radius 1 is 0.900 bits per heavy atom. The van der Waals surface area contributed by atoms with Crippen LogP contribution in [0.15, 0.2) is 82.6 Å². The molecule has 4 aromatic rings. The van der Waals surface area contributed by atoms with Gasteiger partial charge in [-0.1, -0.05) is 60.7 Å². The molecule has 0 saturated heterocycles. The molecule has 0 bridgehead atoms. The number of thioether (sulfide) groups is 1. The summed E-state index contributed by atoms with van der Waals surface area (Å²) in [6.07, 6.45) is 0. The van der Waals surface area contributed by atoms with Crippen molar-refractivity contribution in [3.63, 3.8) is 0 Å². The summed E-state index contributed by atoms with van der Waals surface area (Å²) in [5, 5.41) is 21.9. The molecular formula is C22H17NO5S2. The molecule has 0 aromatic heterocycles. The van der Waals surface area contributed by atoms with E-state index < -0.39 is 16.0 Å². The first-order valence-electron chi connectivity index (χ1n) is 8.97. The smallest absolute Gasteiger partial charge is 0.313 e. The van der Waals surface area contributed by atoms with E-state index >= 15 is 0 Å². The predicted octanol–water partition coefficient (Wildman–Crippen LogP) is 4.68. The molecule has 0 heterocycles. The highest BCUT2D eigenvalue weighted by Crippen LogP contribution is 2.40. The Morgan fingerprint density at radius 2 is 1.53 bits per heavy atom. The Balaban J connectivity index is 1.84. The third-order valence-electron chi connectivity index (χ3n) is 4.62. The van der Waals surface area contributed by atoms with Crippen LogP contribution in [-0.2, 0) is 14.8 Å². The molecule has 3 N–H and O–H groups in total. The van der Waals surface area contributed by atoms with E-state index in [2.05, 4.69) is 4.72 Å². The molecule has 8 heteroatoms. The van der Waals surface area contributed by atoms with Gasteiger partial charge in [0.2, 0.25) is 0 Å². The maximum Gasteiger partial charge on any atom is 0.313 e. The van der Waals surface area contributed by atoms with E-state index in [-0.39, 0.29) is 27.0 Å². The van der Waals surface area contributed by atoms with Crippen LogP contribution in [-0.4, -0.2) is 30.4 Å². The van der Waals surface area contributed by atoms with Gasteiger partial charge in [-0.15, -0.1) is 11.8 Å². The van der Waals surface area contributed by atoms with Crippen LogP contribution in [0.3, 0.4) is 0 Å². The number of carboxylic acids is 1. The third-order valence-corrected chi connectivity index (χ3v) is 7.05. The van der Waals surface area contributed by atoms with Crippen LogP contribution in [0.1, 0.15) is 0 Å². The molecule has 30 heavy (non-hydrogen) atoms. The molecule has 0 aliphatic rings. The number of phenolic OH excluding ortho intramolecular Hbond substituents is 1. The molecule has 0 amide bonds. The molecule has 0 spiro atoms. The maximum absolute atomic E-state index is 13.2. The average molecular weight is 440 g/mol. The lowest BCUT2D eigenvalue weighted by molar-refractivity contribution is -0.133. The van der Waals surface area contributed by atoms with Crippen molar-refractivity contribution in [1.29, 1.82) is 0 Å². The number of sulfonamides is 1. The maximum atomic E-state index is 13.2. The molecule has 6 nitrogen and oxygen atoms in total. The van der Waals surface area contributed by atoms with Crippen LogP contribution in [0.2, 0.25) is 0 Å². The molecule has 4 rings (SSSR count). The van der Waals surface area contributed by atoms with Gasteiger partial charge in [0.05, 0.1) is 21.2 Å². The number of benzene rings is 4. The number of aromatic hydroxyl groups is 1. The Hall–Kier alpha value is -3.23. The van der Waals surface area contributed by atoms with Crippen molar-refractivity contribution in [2.24, 2.45) is 0 Å². The minimum Gasteiger partial charge on any atom is -0.506 e. The largest absolute Gasteiger partial charge is 0.506 e. The van der Waals surface area contributed by atoms with Gasteiger partial charge in [0, 0.05) is 16.2 Å². The number of rotatable bonds is 6. The highest BCUT2D eigenvalue weighted by atomic mass is 32.2. The number of phenols is 1. The fraction of sp³-hybridized carbons (Fsp3) is 0.0455. The zero-order valence-electron chi connectivity index (χ0n) is 15.6. The summed E-state index contributed by atoms with van der Waals surface area (Å²) in [7, 11) is -3.95. The minimum atomic E-state index is -3.95. The number of aliphatic carboxylic acids is 1. The quantitative estimate of drug-likeness (QED) is 0.298. The molecule has 0 radical (unpaired) electrons. The lowest BCUT2D eigenvalue weighted by Crippen LogP contribution is -2.14. The second-order valence-corrected chi connectivity index (χ2v) is 9.25. The number of hydrogen-bond donors (Lipinski definition) is 3. The number of fused-ring (bicyclic) bond motifs is 2. The van der Waals surface area contributed by atoms with Gasteiger partial charge < -0.3 is 10.2 Å². The van der Waals surface area contributed by atoms with Gasteiger partial charge in [0.15, 0.2) is 0 Å². The van der Waals surface area contributed by atoms with Gasteiger partial charge in [-0.3, -0.25) is 9.52 Å². The van der Waals surface area contributed by atoms with E-state index in [1.165, 1.54) is 12.1 Å². The predicted molar refractivity (Wildman–Crippen MR) is 119 cm³/mol. The zero-order valence-corrected chi connectivity index (χ0v) is 17.2. The van der Waals surface area contributed by atoms with E-state index in [1.54, 1.807) is 42.5 Å². The van der Waals surface area contributed by atoms with Crippen LogP contribution < -0.4 is 4.72 Å². The highest BCUT2D eigenvalue weighted by Gasteiger charge is 2.20. The van der Waals surface area contributed by atoms with Crippen molar-refractivity contribution < 1.29 is 23.4 Å². The molecule has 0 unspecified atom stereocenters. The SMILES string of the molecule is O=C(O)CSc1cc(NS(=O)(=O)c2cccc3ccccc23)c2ccccc2c1O. The molecule has 0 aliphatic heterocycles. The van der Waals surface area contributed by atoms with Gasteiger partial charge in [0.1, 0.15) is 5.75 Å². The van der Waals surface area contributed by atoms with Crippen molar-refractivity contribution >= 4 is 55.0 Å². The van der Waals surface area contributed by atoms with Crippen LogP contribution in [0, 0.1) is 0 Å². The summed E-state index contributed by atoms with van der Waals surface area (Å²) in [5.41, 5.74) is 0.268. The minimum absolute atomic E-state index is 0.0787. The van der Waals surface area contributed by atoms with Gasteiger partial charge in [-0.25, -0.2) is 8.42 Å². The van der Waals surface area contributed by atoms with Crippen LogP contribution in [0.5, 0.6) is 5.75 Å². The molecule has 0 aliphatic carbocycles. The first-order chi connectivity index (χ1) is 14.4. The number of hydrogen-bond acceptors (Lipinski definition) is 5. The van der Waals surface area contributed by atoms with E-state index in [1.807, 2.05) is 18.2 Å². The van der Waals surface area contributed by atoms with Crippen molar-refractivity contribution in [2.45, 2.75) is 9.79 Å². The summed E-state index contributed by atoms with van der Waals surface area (Å²) in [5.74, 6) is -1.38. The summed E-state index contributed by atoms with van der Waals surface area (Å²) in [6, 6.07) is 20.5. The fourth-order valence-corrected chi connectivity index (χ4v) is 5.33. The van der Waals surface area contributed by atoms with Crippen molar-refractivity contribution in [3.8, 4) is 5.75 Å². The molecule has 0 atom stereocenters. The van der Waals surface area contributed by atoms with E-state index in [0.717, 1.165) is 17.1 Å². The van der Waals surface area contributed by atoms with Crippen LogP contribution in [0.4, 0.5) is 5.69 Å². The normalized spacial score (nSPS) is 11.6. The molecule has 0 fully saturated rings. The molecule has 4 aromatic carbocycles. The monoisotopic (exact) mass is 439 g/mol. The number of carboxylic acid groups (broad SMARTS) is 1. The van der Waals surface area contributed by atoms with Crippen LogP contribution in [0.25, 0.3) is 21.5 Å². The fourth-order valence-electron chi connectivity index (χ4n) is 3.30. The van der Waals surface area contributed by atoms with Gasteiger partial charge >= 0.3 is 5.97 Å². The standard InChI is InChI=1S/C22H17NO5S2/c24-21(25)13-29-19-12-18(16-9-3-4-10-17(16)22(19)26)23-30(27,28)20-11-5-7-14-6-1-2-8-15(14)20/h1-12,23,26H,13H2,(H,24,25). The lowest BCUT2D eigenvalue weighted by Gasteiger charge is -2.15. The summed E-state index contributed by atoms with van der Waals surface area (Å²) in [6.45, 7) is 0. The van der Waals surface area contributed by atoms with Crippen LogP contribution >= 0.6 is 11.8 Å². The first kappa shape index (κ1) is 20.1. The highest BCUT2D eigenvalue weighted by molar-refractivity contribution is 8.00. The van der Waals surface area contributed by atoms with E-state index in [4.69, 9.17) is 5.11 Å². The van der Waals surface area contributed by atoms with Gasteiger partial charge in [-0.05, 0) is 17.5 Å². The number of anilines is 1. The van der Waals surface area contributed by atoms with Gasteiger partial charge in [0.25, 0.3) is 10.0 Å². The van der Waals surface area contributed by atoms with E-state index in [9.17, 15) is 18.3 Å². The molecular weight excluding hydrogens is 422 g/mol. The second kappa shape index (κ2) is 7.89. The topological polar surface area (TPSA) is 104 Å². The zero-order chi connectivity index (χ0) is 21.3. The average Bonchev–Trinajstić information content (AvgIpc) is 2.74. The Kier molecular flexibility index (Phi) is 5.27.